The van der Waals surface area contributed by atoms with Crippen LogP contribution in [0.1, 0.15) is 39.2 Å². The van der Waals surface area contributed by atoms with Crippen LogP contribution in [0.25, 0.3) is 0 Å². The number of methoxy groups -OCH3 is 1. The number of ether oxygens (including phenoxy) is 2. The Morgan fingerprint density at radius 2 is 1.88 bits per heavy atom. The molecule has 0 aromatic heterocycles. The van der Waals surface area contributed by atoms with Gasteiger partial charge in [-0.25, -0.2) is 0 Å². The first kappa shape index (κ1) is 18.3. The van der Waals surface area contributed by atoms with Gasteiger partial charge in [-0.05, 0) is 37.5 Å². The number of hydrogen-bond acceptors (Lipinski definition) is 4. The second-order valence-corrected chi connectivity index (χ2v) is 6.39. The fraction of sp³-hybridized carbons (Fsp3) is 0.556. The summed E-state index contributed by atoms with van der Waals surface area (Å²) in [6.07, 6.45) is 1.53. The molecule has 1 fully saturated rings. The molecule has 6 heteroatoms. The van der Waals surface area contributed by atoms with Gasteiger partial charge in [0.1, 0.15) is 11.4 Å². The number of amides is 2. The van der Waals surface area contributed by atoms with Gasteiger partial charge in [-0.3, -0.25) is 9.59 Å². The van der Waals surface area contributed by atoms with E-state index in [1.165, 1.54) is 13.8 Å². The molecule has 1 aromatic carbocycles. The van der Waals surface area contributed by atoms with Crippen LogP contribution in [0.3, 0.4) is 0 Å². The predicted molar refractivity (Wildman–Crippen MR) is 90.8 cm³/mol. The summed E-state index contributed by atoms with van der Waals surface area (Å²) in [4.78, 5) is 23.3. The molecule has 0 spiro atoms. The van der Waals surface area contributed by atoms with Gasteiger partial charge in [0.25, 0.3) is 0 Å². The third-order valence-corrected chi connectivity index (χ3v) is 4.75. The van der Waals surface area contributed by atoms with Crippen LogP contribution in [-0.2, 0) is 19.9 Å². The highest BCUT2D eigenvalue weighted by atomic mass is 16.5. The van der Waals surface area contributed by atoms with Crippen molar-refractivity contribution in [3.05, 3.63) is 29.8 Å². The predicted octanol–water partition coefficient (Wildman–Crippen LogP) is 1.73. The van der Waals surface area contributed by atoms with Crippen LogP contribution in [0.5, 0.6) is 5.75 Å². The van der Waals surface area contributed by atoms with Crippen LogP contribution in [-0.4, -0.2) is 37.6 Å². The van der Waals surface area contributed by atoms with Crippen LogP contribution in [0, 0.1) is 0 Å². The van der Waals surface area contributed by atoms with Gasteiger partial charge < -0.3 is 20.1 Å². The Kier molecular flexibility index (Phi) is 5.49. The van der Waals surface area contributed by atoms with Crippen molar-refractivity contribution in [3.8, 4) is 5.75 Å². The van der Waals surface area contributed by atoms with E-state index in [4.69, 9.17) is 9.47 Å². The molecule has 1 aliphatic heterocycles. The van der Waals surface area contributed by atoms with Crippen LogP contribution in [0.4, 0.5) is 0 Å². The molecule has 2 atom stereocenters. The van der Waals surface area contributed by atoms with Gasteiger partial charge in [0.05, 0.1) is 12.6 Å². The van der Waals surface area contributed by atoms with Gasteiger partial charge in [0, 0.05) is 27.0 Å². The molecule has 2 rings (SSSR count). The summed E-state index contributed by atoms with van der Waals surface area (Å²) in [5.74, 6) is 0.470. The third kappa shape index (κ3) is 3.53. The summed E-state index contributed by atoms with van der Waals surface area (Å²) in [6, 6.07) is 7.62. The molecular weight excluding hydrogens is 308 g/mol. The quantitative estimate of drug-likeness (QED) is 0.860. The Morgan fingerprint density at radius 3 is 2.42 bits per heavy atom. The first-order valence-electron chi connectivity index (χ1n) is 8.15. The lowest BCUT2D eigenvalue weighted by molar-refractivity contribution is -0.151. The Bertz CT molecular complexity index is 602. The Morgan fingerprint density at radius 1 is 1.21 bits per heavy atom. The SMILES string of the molecule is COc1ccc(C2(C)OCCCC2(CNC(C)=O)NC(C)=O)cc1. The maximum absolute atomic E-state index is 11.9. The summed E-state index contributed by atoms with van der Waals surface area (Å²) in [6.45, 7) is 5.83. The monoisotopic (exact) mass is 334 g/mol. The van der Waals surface area contributed by atoms with E-state index >= 15 is 0 Å². The zero-order chi connectivity index (χ0) is 17.8. The lowest BCUT2D eigenvalue weighted by Crippen LogP contribution is -2.68. The molecule has 0 bridgehead atoms. The highest BCUT2D eigenvalue weighted by Crippen LogP contribution is 2.43. The summed E-state index contributed by atoms with van der Waals surface area (Å²) in [7, 11) is 1.62. The summed E-state index contributed by atoms with van der Waals surface area (Å²) < 4.78 is 11.4. The molecule has 0 aliphatic carbocycles. The molecular formula is C18H26N2O4. The lowest BCUT2D eigenvalue weighted by atomic mass is 9.71. The topological polar surface area (TPSA) is 76.7 Å². The molecule has 2 unspecified atom stereocenters. The molecule has 1 aliphatic rings. The van der Waals surface area contributed by atoms with Crippen LogP contribution >= 0.6 is 0 Å². The van der Waals surface area contributed by atoms with Crippen molar-refractivity contribution >= 4 is 11.8 Å². The molecule has 1 aromatic rings. The second kappa shape index (κ2) is 7.21. The zero-order valence-electron chi connectivity index (χ0n) is 14.8. The first-order chi connectivity index (χ1) is 11.3. The number of hydrogen-bond donors (Lipinski definition) is 2. The molecule has 0 saturated carbocycles. The Hall–Kier alpha value is -2.08. The zero-order valence-corrected chi connectivity index (χ0v) is 14.8. The van der Waals surface area contributed by atoms with E-state index in [9.17, 15) is 9.59 Å². The van der Waals surface area contributed by atoms with E-state index in [-0.39, 0.29) is 11.8 Å². The fourth-order valence-corrected chi connectivity index (χ4v) is 3.39. The smallest absolute Gasteiger partial charge is 0.217 e. The minimum Gasteiger partial charge on any atom is -0.497 e. The van der Waals surface area contributed by atoms with Gasteiger partial charge in [-0.2, -0.15) is 0 Å². The minimum atomic E-state index is -0.758. The van der Waals surface area contributed by atoms with Crippen molar-refractivity contribution < 1.29 is 19.1 Å². The van der Waals surface area contributed by atoms with E-state index in [1.54, 1.807) is 7.11 Å². The average Bonchev–Trinajstić information content (AvgIpc) is 2.55. The van der Waals surface area contributed by atoms with Crippen molar-refractivity contribution in [1.29, 1.82) is 0 Å². The standard InChI is InChI=1S/C18H26N2O4/c1-13(21)19-12-18(20-14(2)22)10-5-11-24-17(18,3)15-6-8-16(23-4)9-7-15/h6-9H,5,10-12H2,1-4H3,(H,19,21)(H,20,22). The average molecular weight is 334 g/mol. The normalized spacial score (nSPS) is 26.5. The largest absolute Gasteiger partial charge is 0.497 e. The van der Waals surface area contributed by atoms with Gasteiger partial charge in [0.2, 0.25) is 11.8 Å². The lowest BCUT2D eigenvalue weighted by Gasteiger charge is -2.52. The minimum absolute atomic E-state index is 0.137. The van der Waals surface area contributed by atoms with Crippen LogP contribution in [0.2, 0.25) is 0 Å². The number of nitrogens with one attached hydrogen (secondary N) is 2. The van der Waals surface area contributed by atoms with E-state index in [0.717, 1.165) is 24.2 Å². The van der Waals surface area contributed by atoms with Crippen LogP contribution in [0.15, 0.2) is 24.3 Å². The van der Waals surface area contributed by atoms with Gasteiger partial charge >= 0.3 is 0 Å². The van der Waals surface area contributed by atoms with E-state index in [1.807, 2.05) is 31.2 Å². The third-order valence-electron chi connectivity index (χ3n) is 4.75. The van der Waals surface area contributed by atoms with Crippen molar-refractivity contribution in [2.24, 2.45) is 0 Å². The molecule has 2 N–H and O–H groups in total. The summed E-state index contributed by atoms with van der Waals surface area (Å²) >= 11 is 0. The van der Waals surface area contributed by atoms with Gasteiger partial charge in [-0.1, -0.05) is 12.1 Å². The number of carbonyl (C=O) groups excluding carboxylic acids is 2. The molecule has 132 valence electrons. The van der Waals surface area contributed by atoms with Crippen molar-refractivity contribution in [2.75, 3.05) is 20.3 Å². The maximum Gasteiger partial charge on any atom is 0.217 e. The maximum atomic E-state index is 11.9. The molecule has 6 nitrogen and oxygen atoms in total. The van der Waals surface area contributed by atoms with Crippen molar-refractivity contribution in [1.82, 2.24) is 10.6 Å². The molecule has 2 amide bonds. The summed E-state index contributed by atoms with van der Waals surface area (Å²) in [5.41, 5.74) is -0.537. The van der Waals surface area contributed by atoms with Crippen molar-refractivity contribution in [2.45, 2.75) is 44.8 Å². The van der Waals surface area contributed by atoms with E-state index < -0.39 is 11.1 Å². The van der Waals surface area contributed by atoms with E-state index in [0.29, 0.717) is 13.2 Å². The second-order valence-electron chi connectivity index (χ2n) is 6.39. The summed E-state index contributed by atoms with van der Waals surface area (Å²) in [5, 5.41) is 5.91. The van der Waals surface area contributed by atoms with Crippen molar-refractivity contribution in [3.63, 3.8) is 0 Å². The highest BCUT2D eigenvalue weighted by molar-refractivity contribution is 5.75. The molecule has 1 heterocycles. The highest BCUT2D eigenvalue weighted by Gasteiger charge is 2.52. The first-order valence-corrected chi connectivity index (χ1v) is 8.15. The fourth-order valence-electron chi connectivity index (χ4n) is 3.39. The number of carbonyl (C=O) groups is 2. The molecule has 0 radical (unpaired) electrons. The van der Waals surface area contributed by atoms with Gasteiger partial charge in [0.15, 0.2) is 0 Å². The Balaban J connectivity index is 2.45. The van der Waals surface area contributed by atoms with E-state index in [2.05, 4.69) is 10.6 Å². The number of rotatable bonds is 5. The molecule has 1 saturated heterocycles. The van der Waals surface area contributed by atoms with Gasteiger partial charge in [-0.15, -0.1) is 0 Å². The Labute approximate surface area is 142 Å². The molecule has 24 heavy (non-hydrogen) atoms. The number of benzene rings is 1. The van der Waals surface area contributed by atoms with Crippen LogP contribution < -0.4 is 15.4 Å².